The number of benzene rings is 2. The van der Waals surface area contributed by atoms with Crippen molar-refractivity contribution in [2.24, 2.45) is 5.41 Å². The van der Waals surface area contributed by atoms with Crippen LogP contribution in [-0.2, 0) is 21.4 Å². The first kappa shape index (κ1) is 45.4. The molecule has 4 aromatic rings. The van der Waals surface area contributed by atoms with Crippen LogP contribution in [0.25, 0.3) is 10.9 Å². The zero-order chi connectivity index (χ0) is 46.9. The first-order valence-electron chi connectivity index (χ1n) is 22.9. The standard InChI is InChI=1S/C48H56F3N9O6/c1-45(2,58-22-16-47(17-23-58)14-20-57(21-15-47)31-8-9-32-33(25-31)44(65)60(43(32)64)38-10-11-40(61)54-42(38)63)28-56-18-12-30(13-19-56)59-27-29-24-37(34(46(3,4)66)26-36(29)55-59)53-41(62)35-6-5-7-39(52-35)48(49,50)51/h5-9,24-27,30,38,66H,10-23,28H2,1-4H3,(H,53,62)(H,54,61,63). The van der Waals surface area contributed by atoms with Crippen LogP contribution in [0.5, 0.6) is 0 Å². The smallest absolute Gasteiger partial charge is 0.386 e. The second-order valence-corrected chi connectivity index (χ2v) is 20.0. The molecule has 0 saturated carbocycles. The summed E-state index contributed by atoms with van der Waals surface area (Å²) in [5.41, 5.74) is 0.0276. The third-order valence-electron chi connectivity index (χ3n) is 14.7. The molecule has 1 atom stereocenters. The lowest BCUT2D eigenvalue weighted by atomic mass is 9.70. The van der Waals surface area contributed by atoms with E-state index in [0.29, 0.717) is 16.6 Å². The number of carbonyl (C=O) groups excluding carboxylic acids is 5. The Labute approximate surface area is 380 Å². The maximum atomic E-state index is 13.5. The van der Waals surface area contributed by atoms with Crippen molar-refractivity contribution in [1.82, 2.24) is 34.8 Å². The average Bonchev–Trinajstić information content (AvgIpc) is 3.80. The minimum Gasteiger partial charge on any atom is -0.386 e. The molecule has 1 unspecified atom stereocenters. The molecule has 2 aromatic carbocycles. The molecule has 350 valence electrons. The Kier molecular flexibility index (Phi) is 11.6. The van der Waals surface area contributed by atoms with Crippen molar-refractivity contribution in [3.8, 4) is 0 Å². The first-order valence-corrected chi connectivity index (χ1v) is 22.9. The van der Waals surface area contributed by atoms with Gasteiger partial charge in [-0.2, -0.15) is 18.3 Å². The van der Waals surface area contributed by atoms with E-state index in [0.717, 1.165) is 112 Å². The number of likely N-dealkylation sites (tertiary alicyclic amines) is 2. The molecule has 1 spiro atoms. The lowest BCUT2D eigenvalue weighted by Gasteiger charge is -2.52. The Morgan fingerprint density at radius 2 is 1.55 bits per heavy atom. The number of imide groups is 2. The second kappa shape index (κ2) is 16.9. The van der Waals surface area contributed by atoms with Crippen LogP contribution in [-0.4, -0.2) is 122 Å². The number of alkyl halides is 3. The van der Waals surface area contributed by atoms with Gasteiger partial charge >= 0.3 is 6.18 Å². The van der Waals surface area contributed by atoms with E-state index in [1.807, 2.05) is 16.9 Å². The van der Waals surface area contributed by atoms with Crippen molar-refractivity contribution in [3.05, 3.63) is 82.8 Å². The fraction of sp³-hybridized carbons (Fsp3) is 0.521. The summed E-state index contributed by atoms with van der Waals surface area (Å²) in [5, 5.41) is 21.6. The van der Waals surface area contributed by atoms with E-state index in [9.17, 15) is 42.3 Å². The van der Waals surface area contributed by atoms with Gasteiger partial charge in [-0.15, -0.1) is 0 Å². The van der Waals surface area contributed by atoms with Gasteiger partial charge in [0, 0.05) is 73.2 Å². The normalized spacial score (nSPS) is 21.5. The Hall–Kier alpha value is -5.72. The molecule has 5 aliphatic rings. The molecule has 5 aliphatic heterocycles. The Balaban J connectivity index is 0.772. The number of anilines is 2. The molecule has 7 heterocycles. The highest BCUT2D eigenvalue weighted by Crippen LogP contribution is 2.44. The van der Waals surface area contributed by atoms with Gasteiger partial charge in [0.2, 0.25) is 11.8 Å². The molecular formula is C48H56F3N9O6. The lowest BCUT2D eigenvalue weighted by Crippen LogP contribution is -2.57. The number of nitrogens with zero attached hydrogens (tertiary/aromatic N) is 7. The van der Waals surface area contributed by atoms with E-state index in [1.165, 1.54) is 6.07 Å². The van der Waals surface area contributed by atoms with E-state index in [4.69, 9.17) is 5.10 Å². The summed E-state index contributed by atoms with van der Waals surface area (Å²) in [6, 6.07) is 11.1. The van der Waals surface area contributed by atoms with Gasteiger partial charge in [0.05, 0.1) is 28.3 Å². The highest BCUT2D eigenvalue weighted by molar-refractivity contribution is 6.23. The van der Waals surface area contributed by atoms with Gasteiger partial charge in [0.15, 0.2) is 0 Å². The van der Waals surface area contributed by atoms with Crippen molar-refractivity contribution >= 4 is 51.8 Å². The summed E-state index contributed by atoms with van der Waals surface area (Å²) >= 11 is 0. The fourth-order valence-electron chi connectivity index (χ4n) is 10.8. The fourth-order valence-corrected chi connectivity index (χ4v) is 10.8. The number of hydrogen-bond acceptors (Lipinski definition) is 11. The van der Waals surface area contributed by atoms with Gasteiger partial charge in [0.25, 0.3) is 17.7 Å². The number of halogens is 3. The number of fused-ring (bicyclic) bond motifs is 2. The number of amides is 5. The number of aromatic nitrogens is 3. The molecule has 3 N–H and O–H groups in total. The minimum atomic E-state index is -4.70. The van der Waals surface area contributed by atoms with Crippen LogP contribution >= 0.6 is 0 Å². The predicted octanol–water partition coefficient (Wildman–Crippen LogP) is 6.13. The van der Waals surface area contributed by atoms with E-state index in [2.05, 4.69) is 44.2 Å². The highest BCUT2D eigenvalue weighted by atomic mass is 19.4. The maximum absolute atomic E-state index is 13.5. The largest absolute Gasteiger partial charge is 0.433 e. The molecule has 0 aliphatic carbocycles. The van der Waals surface area contributed by atoms with E-state index in [1.54, 1.807) is 38.1 Å². The number of rotatable bonds is 9. The molecule has 4 saturated heterocycles. The number of nitrogens with one attached hydrogen (secondary N) is 2. The molecule has 0 bridgehead atoms. The minimum absolute atomic E-state index is 0.0381. The quantitative estimate of drug-likeness (QED) is 0.165. The van der Waals surface area contributed by atoms with Crippen LogP contribution in [0.1, 0.15) is 128 Å². The van der Waals surface area contributed by atoms with Gasteiger partial charge in [0.1, 0.15) is 17.4 Å². The molecule has 9 rings (SSSR count). The molecule has 15 nitrogen and oxygen atoms in total. The summed E-state index contributed by atoms with van der Waals surface area (Å²) in [6.07, 6.45) is 3.50. The zero-order valence-corrected chi connectivity index (χ0v) is 37.7. The number of pyridine rings is 1. The Morgan fingerprint density at radius 3 is 2.21 bits per heavy atom. The summed E-state index contributed by atoms with van der Waals surface area (Å²) in [4.78, 5) is 76.0. The van der Waals surface area contributed by atoms with Gasteiger partial charge in [-0.05, 0) is 134 Å². The van der Waals surface area contributed by atoms with Crippen LogP contribution in [0.4, 0.5) is 24.5 Å². The van der Waals surface area contributed by atoms with Gasteiger partial charge in [-0.1, -0.05) is 6.07 Å². The molecule has 18 heteroatoms. The van der Waals surface area contributed by atoms with Crippen LogP contribution in [0.2, 0.25) is 0 Å². The molecule has 0 radical (unpaired) electrons. The molecule has 2 aromatic heterocycles. The average molecular weight is 912 g/mol. The number of aliphatic hydroxyl groups is 1. The van der Waals surface area contributed by atoms with Crippen molar-refractivity contribution in [2.45, 2.75) is 108 Å². The van der Waals surface area contributed by atoms with Crippen LogP contribution < -0.4 is 15.5 Å². The van der Waals surface area contributed by atoms with Gasteiger partial charge < -0.3 is 20.2 Å². The second-order valence-electron chi connectivity index (χ2n) is 20.0. The van der Waals surface area contributed by atoms with Crippen LogP contribution in [0, 0.1) is 5.41 Å². The van der Waals surface area contributed by atoms with Crippen LogP contribution in [0.3, 0.4) is 0 Å². The first-order chi connectivity index (χ1) is 31.2. The SMILES string of the molecule is CC(C)(O)c1cc2nn(C3CCN(CC(C)(C)N4CCC5(CCN(c6ccc7c(c6)C(=O)N(C6CCC(=O)NC6=O)C7=O)CC5)CC4)CC3)cc2cc1NC(=O)c1cccc(C(F)(F)F)n1. The van der Waals surface area contributed by atoms with E-state index >= 15 is 0 Å². The molecular weight excluding hydrogens is 856 g/mol. The van der Waals surface area contributed by atoms with Gasteiger partial charge in [-0.3, -0.25) is 43.8 Å². The van der Waals surface area contributed by atoms with Crippen molar-refractivity contribution in [3.63, 3.8) is 0 Å². The monoisotopic (exact) mass is 911 g/mol. The lowest BCUT2D eigenvalue weighted by molar-refractivity contribution is -0.141. The van der Waals surface area contributed by atoms with Crippen molar-refractivity contribution in [1.29, 1.82) is 0 Å². The summed E-state index contributed by atoms with van der Waals surface area (Å²) in [7, 11) is 0. The topological polar surface area (TPSA) is 173 Å². The van der Waals surface area contributed by atoms with E-state index in [-0.39, 0.29) is 41.1 Å². The third kappa shape index (κ3) is 8.82. The van der Waals surface area contributed by atoms with E-state index < -0.39 is 58.7 Å². The van der Waals surface area contributed by atoms with Crippen molar-refractivity contribution < 1.29 is 42.3 Å². The summed E-state index contributed by atoms with van der Waals surface area (Å²) < 4.78 is 41.9. The summed E-state index contributed by atoms with van der Waals surface area (Å²) in [5.74, 6) is -2.83. The Bertz CT molecular complexity index is 2600. The maximum Gasteiger partial charge on any atom is 0.433 e. The summed E-state index contributed by atoms with van der Waals surface area (Å²) in [6.45, 7) is 14.3. The predicted molar refractivity (Wildman–Crippen MR) is 239 cm³/mol. The zero-order valence-electron chi connectivity index (χ0n) is 37.7. The highest BCUT2D eigenvalue weighted by Gasteiger charge is 2.46. The third-order valence-corrected chi connectivity index (χ3v) is 14.7. The number of carbonyl (C=O) groups is 5. The molecule has 66 heavy (non-hydrogen) atoms. The molecule has 4 fully saturated rings. The number of hydrogen-bond donors (Lipinski definition) is 3. The van der Waals surface area contributed by atoms with Crippen LogP contribution in [0.15, 0.2) is 54.7 Å². The molecule has 5 amide bonds. The van der Waals surface area contributed by atoms with Crippen molar-refractivity contribution in [2.75, 3.05) is 56.0 Å². The van der Waals surface area contributed by atoms with Gasteiger partial charge in [-0.25, -0.2) is 4.98 Å². The number of piperidine rings is 4. The Morgan fingerprint density at radius 1 is 0.864 bits per heavy atom.